The number of hydrogen-bond donors (Lipinski definition) is 2. The van der Waals surface area contributed by atoms with Gasteiger partial charge in [-0.3, -0.25) is 10.1 Å². The molecule has 0 radical (unpaired) electrons. The van der Waals surface area contributed by atoms with Gasteiger partial charge in [-0.05, 0) is 30.9 Å². The van der Waals surface area contributed by atoms with E-state index >= 15 is 0 Å². The monoisotopic (exact) mass is 240 g/mol. The third-order valence-electron chi connectivity index (χ3n) is 3.02. The molecule has 1 aromatic rings. The molecule has 5 nitrogen and oxygen atoms in total. The Labute approximate surface area is 97.2 Å². The van der Waals surface area contributed by atoms with Crippen molar-refractivity contribution in [1.29, 1.82) is 0 Å². The summed E-state index contributed by atoms with van der Waals surface area (Å²) < 4.78 is 12.9. The molecule has 2 rings (SSSR count). The highest BCUT2D eigenvalue weighted by molar-refractivity contribution is 5.43. The van der Waals surface area contributed by atoms with Crippen LogP contribution in [0.1, 0.15) is 24.4 Å². The predicted octanol–water partition coefficient (Wildman–Crippen LogP) is 1.50. The Morgan fingerprint density at radius 2 is 2.18 bits per heavy atom. The van der Waals surface area contributed by atoms with Crippen molar-refractivity contribution in [2.24, 2.45) is 11.7 Å². The first-order chi connectivity index (χ1) is 8.00. The summed E-state index contributed by atoms with van der Waals surface area (Å²) in [5, 5.41) is 20.6. The van der Waals surface area contributed by atoms with Crippen LogP contribution in [0.5, 0.6) is 0 Å². The largest absolute Gasteiger partial charge is 0.391 e. The molecule has 1 aliphatic carbocycles. The molecule has 1 saturated carbocycles. The number of halogens is 1. The van der Waals surface area contributed by atoms with E-state index in [2.05, 4.69) is 0 Å². The van der Waals surface area contributed by atoms with Gasteiger partial charge in [0.15, 0.2) is 0 Å². The highest BCUT2D eigenvalue weighted by Gasteiger charge is 2.36. The van der Waals surface area contributed by atoms with Crippen LogP contribution in [-0.4, -0.2) is 16.1 Å². The normalized spacial score (nSPS) is 18.8. The Morgan fingerprint density at radius 1 is 1.53 bits per heavy atom. The molecule has 0 heterocycles. The van der Waals surface area contributed by atoms with Crippen LogP contribution in [0.4, 0.5) is 10.1 Å². The summed E-state index contributed by atoms with van der Waals surface area (Å²) in [5.74, 6) is -0.580. The number of benzene rings is 1. The Hall–Kier alpha value is -1.53. The first-order valence-electron chi connectivity index (χ1n) is 5.38. The first-order valence-corrected chi connectivity index (χ1v) is 5.38. The van der Waals surface area contributed by atoms with Gasteiger partial charge in [0.1, 0.15) is 5.82 Å². The van der Waals surface area contributed by atoms with E-state index in [1.165, 1.54) is 6.07 Å². The van der Waals surface area contributed by atoms with E-state index in [9.17, 15) is 19.6 Å². The molecule has 0 aromatic heterocycles. The molecule has 1 aliphatic rings. The second kappa shape index (κ2) is 4.38. The van der Waals surface area contributed by atoms with Gasteiger partial charge in [-0.15, -0.1) is 0 Å². The maximum Gasteiger partial charge on any atom is 0.277 e. The zero-order chi connectivity index (χ0) is 12.6. The SMILES string of the molecule is N[C@H](c1ccc(F)cc1[N+](=O)[O-])[C@@H](O)C1CC1. The fourth-order valence-electron chi connectivity index (χ4n) is 1.87. The van der Waals surface area contributed by atoms with Crippen LogP contribution in [0.3, 0.4) is 0 Å². The van der Waals surface area contributed by atoms with Crippen LogP contribution >= 0.6 is 0 Å². The Bertz CT molecular complexity index is 448. The van der Waals surface area contributed by atoms with Crippen molar-refractivity contribution < 1.29 is 14.4 Å². The molecule has 2 atom stereocenters. The lowest BCUT2D eigenvalue weighted by Crippen LogP contribution is -2.28. The van der Waals surface area contributed by atoms with Gasteiger partial charge in [0, 0.05) is 5.56 Å². The zero-order valence-electron chi connectivity index (χ0n) is 9.04. The molecule has 0 aliphatic heterocycles. The Morgan fingerprint density at radius 3 is 2.71 bits per heavy atom. The van der Waals surface area contributed by atoms with Gasteiger partial charge < -0.3 is 10.8 Å². The van der Waals surface area contributed by atoms with Crippen molar-refractivity contribution in [3.63, 3.8) is 0 Å². The van der Waals surface area contributed by atoms with E-state index in [-0.39, 0.29) is 17.2 Å². The molecular weight excluding hydrogens is 227 g/mol. The molecule has 0 spiro atoms. The molecule has 17 heavy (non-hydrogen) atoms. The highest BCUT2D eigenvalue weighted by atomic mass is 19.1. The van der Waals surface area contributed by atoms with E-state index in [1.807, 2.05) is 0 Å². The number of nitro groups is 1. The maximum absolute atomic E-state index is 12.9. The van der Waals surface area contributed by atoms with Crippen LogP contribution in [0.2, 0.25) is 0 Å². The molecule has 6 heteroatoms. The summed E-state index contributed by atoms with van der Waals surface area (Å²) in [6, 6.07) is 2.36. The number of aliphatic hydroxyl groups excluding tert-OH is 1. The van der Waals surface area contributed by atoms with Crippen molar-refractivity contribution in [3.8, 4) is 0 Å². The molecule has 92 valence electrons. The second-order valence-electron chi connectivity index (χ2n) is 4.31. The van der Waals surface area contributed by atoms with Crippen molar-refractivity contribution >= 4 is 5.69 Å². The summed E-state index contributed by atoms with van der Waals surface area (Å²) >= 11 is 0. The van der Waals surface area contributed by atoms with Gasteiger partial charge in [-0.25, -0.2) is 4.39 Å². The summed E-state index contributed by atoms with van der Waals surface area (Å²) in [7, 11) is 0. The van der Waals surface area contributed by atoms with Crippen molar-refractivity contribution in [2.45, 2.75) is 25.0 Å². The van der Waals surface area contributed by atoms with Gasteiger partial charge in [0.2, 0.25) is 0 Å². The maximum atomic E-state index is 12.9. The van der Waals surface area contributed by atoms with Crippen molar-refractivity contribution in [1.82, 2.24) is 0 Å². The van der Waals surface area contributed by atoms with Crippen LogP contribution in [0.15, 0.2) is 18.2 Å². The number of nitrogens with zero attached hydrogens (tertiary/aromatic N) is 1. The van der Waals surface area contributed by atoms with E-state index < -0.39 is 22.9 Å². The Kier molecular flexibility index (Phi) is 3.08. The van der Waals surface area contributed by atoms with Gasteiger partial charge in [0.05, 0.1) is 23.1 Å². The van der Waals surface area contributed by atoms with Gasteiger partial charge in [-0.2, -0.15) is 0 Å². The van der Waals surface area contributed by atoms with Gasteiger partial charge >= 0.3 is 0 Å². The molecular formula is C11H13FN2O3. The second-order valence-corrected chi connectivity index (χ2v) is 4.31. The highest BCUT2D eigenvalue weighted by Crippen LogP contribution is 2.39. The summed E-state index contributed by atoms with van der Waals surface area (Å²) in [4.78, 5) is 10.1. The fraction of sp³-hybridized carbons (Fsp3) is 0.455. The minimum Gasteiger partial charge on any atom is -0.391 e. The van der Waals surface area contributed by atoms with E-state index in [0.717, 1.165) is 25.0 Å². The third-order valence-corrected chi connectivity index (χ3v) is 3.02. The minimum atomic E-state index is -0.844. The summed E-state index contributed by atoms with van der Waals surface area (Å²) in [5.41, 5.74) is 5.59. The van der Waals surface area contributed by atoms with E-state index in [4.69, 9.17) is 5.73 Å². The molecule has 1 aromatic carbocycles. The summed E-state index contributed by atoms with van der Waals surface area (Å²) in [6.07, 6.45) is 0.951. The molecule has 3 N–H and O–H groups in total. The lowest BCUT2D eigenvalue weighted by molar-refractivity contribution is -0.386. The molecule has 0 saturated heterocycles. The minimum absolute atomic E-state index is 0.106. The topological polar surface area (TPSA) is 89.4 Å². The first kappa shape index (κ1) is 11.9. The summed E-state index contributed by atoms with van der Waals surface area (Å²) in [6.45, 7) is 0. The number of hydrogen-bond acceptors (Lipinski definition) is 4. The number of aliphatic hydroxyl groups is 1. The number of nitro benzene ring substituents is 1. The van der Waals surface area contributed by atoms with Crippen LogP contribution in [-0.2, 0) is 0 Å². The predicted molar refractivity (Wildman–Crippen MR) is 58.7 cm³/mol. The average Bonchev–Trinajstić information content (AvgIpc) is 3.10. The van der Waals surface area contributed by atoms with E-state index in [1.54, 1.807) is 0 Å². The average molecular weight is 240 g/mol. The van der Waals surface area contributed by atoms with E-state index in [0.29, 0.717) is 0 Å². The number of rotatable bonds is 4. The van der Waals surface area contributed by atoms with Crippen LogP contribution in [0.25, 0.3) is 0 Å². The zero-order valence-corrected chi connectivity index (χ0v) is 9.04. The van der Waals surface area contributed by atoms with Crippen molar-refractivity contribution in [3.05, 3.63) is 39.7 Å². The molecule has 0 unspecified atom stereocenters. The van der Waals surface area contributed by atoms with Crippen molar-refractivity contribution in [2.75, 3.05) is 0 Å². The lowest BCUT2D eigenvalue weighted by Gasteiger charge is -2.18. The van der Waals surface area contributed by atoms with Gasteiger partial charge in [0.25, 0.3) is 5.69 Å². The molecule has 1 fully saturated rings. The fourth-order valence-corrected chi connectivity index (χ4v) is 1.87. The van der Waals surface area contributed by atoms with Gasteiger partial charge in [-0.1, -0.05) is 0 Å². The standard InChI is InChI=1S/C11H13FN2O3/c12-7-3-4-8(9(5-7)14(16)17)10(13)11(15)6-1-2-6/h3-6,10-11,15H,1-2,13H2/t10-,11+/m1/s1. The smallest absolute Gasteiger partial charge is 0.277 e. The number of nitrogens with two attached hydrogens (primary N) is 1. The van der Waals surface area contributed by atoms with Crippen LogP contribution in [0, 0.1) is 21.8 Å². The molecule has 0 amide bonds. The van der Waals surface area contributed by atoms with Crippen LogP contribution < -0.4 is 5.73 Å². The lowest BCUT2D eigenvalue weighted by atomic mass is 9.97. The third kappa shape index (κ3) is 2.42. The molecule has 0 bridgehead atoms. The Balaban J connectivity index is 2.32. The quantitative estimate of drug-likeness (QED) is 0.616.